The lowest BCUT2D eigenvalue weighted by atomic mass is 10.3. The summed E-state index contributed by atoms with van der Waals surface area (Å²) in [5, 5.41) is 0. The molecule has 1 aromatic rings. The third-order valence-electron chi connectivity index (χ3n) is 1.57. The van der Waals surface area contributed by atoms with E-state index in [-0.39, 0.29) is 16.7 Å². The van der Waals surface area contributed by atoms with Crippen LogP contribution in [0.15, 0.2) is 23.1 Å². The number of rotatable bonds is 3. The molecule has 1 aromatic carbocycles. The number of hydrogen-bond donors (Lipinski definition) is 1. The smallest absolute Gasteiger partial charge is 0.160 e. The normalized spacial score (nSPS) is 15.1. The van der Waals surface area contributed by atoms with E-state index in [0.29, 0.717) is 0 Å². The molecule has 0 radical (unpaired) electrons. The minimum absolute atomic E-state index is 0.232. The molecule has 1 rings (SSSR count). The summed E-state index contributed by atoms with van der Waals surface area (Å²) in [6.07, 6.45) is 0. The van der Waals surface area contributed by atoms with Crippen LogP contribution in [-0.4, -0.2) is 16.0 Å². The Bertz CT molecular complexity index is 355. The Morgan fingerprint density at radius 3 is 2.57 bits per heavy atom. The largest absolute Gasteiger partial charge is 0.327 e. The fourth-order valence-corrected chi connectivity index (χ4v) is 2.08. The molecule has 0 saturated heterocycles. The number of hydrogen-bond acceptors (Lipinski definition) is 2. The lowest BCUT2D eigenvalue weighted by molar-refractivity contribution is 0.505. The van der Waals surface area contributed by atoms with E-state index in [4.69, 9.17) is 5.73 Å². The van der Waals surface area contributed by atoms with Crippen molar-refractivity contribution >= 4 is 10.8 Å². The van der Waals surface area contributed by atoms with Gasteiger partial charge in [0.2, 0.25) is 0 Å². The highest BCUT2D eigenvalue weighted by Gasteiger charge is 2.09. The summed E-state index contributed by atoms with van der Waals surface area (Å²) < 4.78 is 36.7. The van der Waals surface area contributed by atoms with Gasteiger partial charge in [0.1, 0.15) is 0 Å². The molecule has 2 N–H and O–H groups in total. The van der Waals surface area contributed by atoms with Crippen molar-refractivity contribution in [2.75, 3.05) is 5.75 Å². The molecule has 2 nitrogen and oxygen atoms in total. The van der Waals surface area contributed by atoms with Crippen LogP contribution in [0.4, 0.5) is 8.78 Å². The monoisotopic (exact) mass is 219 g/mol. The third kappa shape index (κ3) is 2.85. The van der Waals surface area contributed by atoms with Crippen molar-refractivity contribution in [1.29, 1.82) is 0 Å². The van der Waals surface area contributed by atoms with Crippen LogP contribution >= 0.6 is 0 Å². The Labute approximate surface area is 83.6 Å². The Hall–Kier alpha value is -0.810. The standard InChI is InChI=1S/C9H11F2NOS/c1-6(12)5-14(13)7-2-3-8(10)9(11)4-7/h2-4,6H,5,12H2,1H3. The molecule has 0 saturated carbocycles. The molecule has 5 heteroatoms. The van der Waals surface area contributed by atoms with Gasteiger partial charge in [-0.05, 0) is 25.1 Å². The first-order chi connectivity index (χ1) is 6.50. The maximum atomic E-state index is 12.7. The summed E-state index contributed by atoms with van der Waals surface area (Å²) in [6, 6.07) is 2.97. The van der Waals surface area contributed by atoms with Gasteiger partial charge in [-0.15, -0.1) is 0 Å². The fourth-order valence-electron chi connectivity index (χ4n) is 0.953. The van der Waals surface area contributed by atoms with Gasteiger partial charge in [0, 0.05) is 16.7 Å². The lowest BCUT2D eigenvalue weighted by Crippen LogP contribution is -2.23. The van der Waals surface area contributed by atoms with Crippen molar-refractivity contribution in [3.8, 4) is 0 Å². The van der Waals surface area contributed by atoms with Gasteiger partial charge in [-0.2, -0.15) is 0 Å². The van der Waals surface area contributed by atoms with Crippen LogP contribution in [0, 0.1) is 11.6 Å². The number of halogens is 2. The zero-order chi connectivity index (χ0) is 10.7. The SMILES string of the molecule is CC(N)CS(=O)c1ccc(F)c(F)c1. The average Bonchev–Trinajstić information content (AvgIpc) is 2.08. The Morgan fingerprint density at radius 1 is 1.43 bits per heavy atom. The van der Waals surface area contributed by atoms with E-state index >= 15 is 0 Å². The molecular weight excluding hydrogens is 208 g/mol. The topological polar surface area (TPSA) is 43.1 Å². The van der Waals surface area contributed by atoms with Crippen molar-refractivity contribution in [1.82, 2.24) is 0 Å². The highest BCUT2D eigenvalue weighted by atomic mass is 32.2. The quantitative estimate of drug-likeness (QED) is 0.835. The zero-order valence-electron chi connectivity index (χ0n) is 7.67. The van der Waals surface area contributed by atoms with Crippen molar-refractivity contribution in [3.63, 3.8) is 0 Å². The van der Waals surface area contributed by atoms with Crippen molar-refractivity contribution in [3.05, 3.63) is 29.8 Å². The van der Waals surface area contributed by atoms with Crippen molar-refractivity contribution in [2.45, 2.75) is 17.9 Å². The van der Waals surface area contributed by atoms with Crippen LogP contribution in [0.1, 0.15) is 6.92 Å². The van der Waals surface area contributed by atoms with Crippen LogP contribution < -0.4 is 5.73 Å². The van der Waals surface area contributed by atoms with Crippen LogP contribution in [0.5, 0.6) is 0 Å². The van der Waals surface area contributed by atoms with E-state index in [9.17, 15) is 13.0 Å². The molecule has 2 unspecified atom stereocenters. The Kier molecular flexibility index (Phi) is 3.71. The highest BCUT2D eigenvalue weighted by molar-refractivity contribution is 7.85. The van der Waals surface area contributed by atoms with Crippen LogP contribution in [0.2, 0.25) is 0 Å². The first-order valence-corrected chi connectivity index (χ1v) is 5.41. The molecule has 0 aliphatic rings. The molecule has 0 spiro atoms. The van der Waals surface area contributed by atoms with Gasteiger partial charge >= 0.3 is 0 Å². The first-order valence-electron chi connectivity index (χ1n) is 4.09. The van der Waals surface area contributed by atoms with Gasteiger partial charge in [-0.1, -0.05) is 0 Å². The Balaban J connectivity index is 2.86. The molecule has 2 atom stereocenters. The molecule has 0 bridgehead atoms. The van der Waals surface area contributed by atoms with E-state index in [1.54, 1.807) is 6.92 Å². The van der Waals surface area contributed by atoms with Crippen molar-refractivity contribution < 1.29 is 13.0 Å². The number of nitrogens with two attached hydrogens (primary N) is 1. The predicted octanol–water partition coefficient (Wildman–Crippen LogP) is 1.42. The molecule has 14 heavy (non-hydrogen) atoms. The van der Waals surface area contributed by atoms with E-state index in [0.717, 1.165) is 12.1 Å². The van der Waals surface area contributed by atoms with Gasteiger partial charge < -0.3 is 5.73 Å². The highest BCUT2D eigenvalue weighted by Crippen LogP contribution is 2.12. The van der Waals surface area contributed by atoms with E-state index in [2.05, 4.69) is 0 Å². The summed E-state index contributed by atoms with van der Waals surface area (Å²) in [5.74, 6) is -1.68. The molecule has 0 heterocycles. The predicted molar refractivity (Wildman–Crippen MR) is 51.3 cm³/mol. The maximum absolute atomic E-state index is 12.7. The molecule has 0 fully saturated rings. The number of benzene rings is 1. The third-order valence-corrected chi connectivity index (χ3v) is 3.18. The summed E-state index contributed by atoms with van der Waals surface area (Å²) in [7, 11) is -1.36. The van der Waals surface area contributed by atoms with E-state index < -0.39 is 22.4 Å². The fraction of sp³-hybridized carbons (Fsp3) is 0.333. The van der Waals surface area contributed by atoms with Crippen molar-refractivity contribution in [2.24, 2.45) is 5.73 Å². The molecule has 0 aliphatic carbocycles. The second-order valence-electron chi connectivity index (χ2n) is 3.07. The molecule has 78 valence electrons. The van der Waals surface area contributed by atoms with Crippen LogP contribution in [-0.2, 0) is 10.8 Å². The molecule has 0 aliphatic heterocycles. The van der Waals surface area contributed by atoms with E-state index in [1.807, 2.05) is 0 Å². The summed E-state index contributed by atoms with van der Waals surface area (Å²) in [6.45, 7) is 1.71. The summed E-state index contributed by atoms with van der Waals surface area (Å²) in [5.41, 5.74) is 5.44. The van der Waals surface area contributed by atoms with Gasteiger partial charge in [0.25, 0.3) is 0 Å². The Morgan fingerprint density at radius 2 is 2.07 bits per heavy atom. The van der Waals surface area contributed by atoms with Crippen LogP contribution in [0.25, 0.3) is 0 Å². The molecule has 0 amide bonds. The van der Waals surface area contributed by atoms with Crippen LogP contribution in [0.3, 0.4) is 0 Å². The minimum atomic E-state index is -1.36. The zero-order valence-corrected chi connectivity index (χ0v) is 8.48. The lowest BCUT2D eigenvalue weighted by Gasteiger charge is -2.05. The summed E-state index contributed by atoms with van der Waals surface area (Å²) >= 11 is 0. The summed E-state index contributed by atoms with van der Waals surface area (Å²) in [4.78, 5) is 0.265. The second-order valence-corrected chi connectivity index (χ2v) is 4.56. The average molecular weight is 219 g/mol. The van der Waals surface area contributed by atoms with Gasteiger partial charge in [-0.25, -0.2) is 8.78 Å². The first kappa shape index (κ1) is 11.3. The second kappa shape index (κ2) is 4.61. The van der Waals surface area contributed by atoms with Gasteiger partial charge in [-0.3, -0.25) is 4.21 Å². The molecular formula is C9H11F2NOS. The maximum Gasteiger partial charge on any atom is 0.160 e. The minimum Gasteiger partial charge on any atom is -0.327 e. The molecule has 0 aromatic heterocycles. The van der Waals surface area contributed by atoms with E-state index in [1.165, 1.54) is 6.07 Å². The van der Waals surface area contributed by atoms with Gasteiger partial charge in [0.15, 0.2) is 11.6 Å². The van der Waals surface area contributed by atoms with Gasteiger partial charge in [0.05, 0.1) is 10.8 Å².